The van der Waals surface area contributed by atoms with E-state index in [0.29, 0.717) is 53.0 Å². The Kier molecular flexibility index (Phi) is 3.88. The third-order valence-corrected chi connectivity index (χ3v) is 6.92. The van der Waals surface area contributed by atoms with Crippen molar-refractivity contribution in [1.29, 1.82) is 0 Å². The maximum atomic E-state index is 14.7. The quantitative estimate of drug-likeness (QED) is 0.466. The lowest BCUT2D eigenvalue weighted by atomic mass is 9.81. The number of ether oxygens (including phenoxy) is 1. The van der Waals surface area contributed by atoms with Crippen LogP contribution in [0.3, 0.4) is 0 Å². The minimum atomic E-state index is -0.366. The second kappa shape index (κ2) is 6.48. The second-order valence-corrected chi connectivity index (χ2v) is 8.76. The maximum absolute atomic E-state index is 14.7. The number of carbonyl (C=O) groups is 2. The van der Waals surface area contributed by atoms with Crippen molar-refractivity contribution in [3.05, 3.63) is 61.7 Å². The van der Waals surface area contributed by atoms with Gasteiger partial charge in [0.2, 0.25) is 5.91 Å². The first-order chi connectivity index (χ1) is 15.3. The van der Waals surface area contributed by atoms with Crippen LogP contribution < -0.4 is 10.9 Å². The highest BCUT2D eigenvalue weighted by Gasteiger charge is 2.35. The normalized spacial score (nSPS) is 18.1. The number of hydrogen-bond acceptors (Lipinski definition) is 5. The van der Waals surface area contributed by atoms with Crippen molar-refractivity contribution >= 4 is 22.8 Å². The van der Waals surface area contributed by atoms with Gasteiger partial charge in [-0.3, -0.25) is 14.4 Å². The van der Waals surface area contributed by atoms with Crippen LogP contribution in [0.2, 0.25) is 0 Å². The van der Waals surface area contributed by atoms with Crippen molar-refractivity contribution in [3.63, 3.8) is 0 Å². The summed E-state index contributed by atoms with van der Waals surface area (Å²) in [5, 5.41) is 3.91. The zero-order valence-electron chi connectivity index (χ0n) is 17.7. The SMILES string of the molecule is CC(=O)NC1CCc2c(C)c(F)cc3nc4c(c1c23)Cn1c-4cc2c(c1=O)COC(=O)C2. The van der Waals surface area contributed by atoms with Crippen molar-refractivity contribution in [2.75, 3.05) is 0 Å². The summed E-state index contributed by atoms with van der Waals surface area (Å²) in [4.78, 5) is 41.8. The third kappa shape index (κ3) is 2.52. The number of aryl methyl sites for hydroxylation is 1. The minimum absolute atomic E-state index is 0.0328. The predicted molar refractivity (Wildman–Crippen MR) is 114 cm³/mol. The van der Waals surface area contributed by atoms with Crippen molar-refractivity contribution in [2.24, 2.45) is 0 Å². The zero-order chi connectivity index (χ0) is 22.3. The molecular weight excluding hydrogens is 413 g/mol. The van der Waals surface area contributed by atoms with Crippen LogP contribution in [-0.2, 0) is 40.3 Å². The number of pyridine rings is 2. The zero-order valence-corrected chi connectivity index (χ0v) is 17.7. The molecule has 1 amide bonds. The van der Waals surface area contributed by atoms with Crippen LogP contribution >= 0.6 is 0 Å². The minimum Gasteiger partial charge on any atom is -0.460 e. The Balaban J connectivity index is 1.67. The molecule has 1 atom stereocenters. The van der Waals surface area contributed by atoms with Crippen LogP contribution in [0.15, 0.2) is 16.9 Å². The molecule has 8 heteroatoms. The number of halogens is 1. The van der Waals surface area contributed by atoms with Gasteiger partial charge < -0.3 is 14.6 Å². The molecule has 162 valence electrons. The Hall–Kier alpha value is -3.55. The fourth-order valence-corrected chi connectivity index (χ4v) is 5.46. The lowest BCUT2D eigenvalue weighted by Crippen LogP contribution is -2.31. The van der Waals surface area contributed by atoms with Gasteiger partial charge in [0.25, 0.3) is 5.56 Å². The standard InChI is InChI=1S/C24H20FN3O4/c1-10-13-3-4-17(26-11(2)29)22-14-8-28-19(23(14)27-18(21(13)22)7-16(10)25)5-12-6-20(30)32-9-15(12)24(28)31/h5,7,17H,3-4,6,8-9H2,1-2H3,(H,26,29). The molecule has 6 rings (SSSR count). The molecule has 0 saturated carbocycles. The lowest BCUT2D eigenvalue weighted by molar-refractivity contribution is -0.145. The summed E-state index contributed by atoms with van der Waals surface area (Å²) in [6.07, 6.45) is 1.33. The highest BCUT2D eigenvalue weighted by atomic mass is 19.1. The summed E-state index contributed by atoms with van der Waals surface area (Å²) in [6.45, 7) is 3.53. The van der Waals surface area contributed by atoms with Crippen LogP contribution in [0.5, 0.6) is 0 Å². The molecule has 4 heterocycles. The molecule has 32 heavy (non-hydrogen) atoms. The van der Waals surface area contributed by atoms with Gasteiger partial charge in [-0.1, -0.05) is 0 Å². The van der Waals surface area contributed by atoms with Gasteiger partial charge in [0.1, 0.15) is 12.4 Å². The van der Waals surface area contributed by atoms with Crippen molar-refractivity contribution < 1.29 is 18.7 Å². The summed E-state index contributed by atoms with van der Waals surface area (Å²) >= 11 is 0. The van der Waals surface area contributed by atoms with E-state index in [9.17, 15) is 18.8 Å². The highest BCUT2D eigenvalue weighted by molar-refractivity contribution is 5.93. The Morgan fingerprint density at radius 2 is 2.06 bits per heavy atom. The molecule has 1 unspecified atom stereocenters. The number of hydrogen-bond donors (Lipinski definition) is 1. The van der Waals surface area contributed by atoms with Gasteiger partial charge in [-0.2, -0.15) is 0 Å². The van der Waals surface area contributed by atoms with Crippen LogP contribution in [0.4, 0.5) is 4.39 Å². The number of aromatic nitrogens is 2. The smallest absolute Gasteiger partial charge is 0.310 e. The van der Waals surface area contributed by atoms with E-state index in [1.807, 2.05) is 6.07 Å². The molecule has 2 aromatic heterocycles. The number of cyclic esters (lactones) is 1. The average molecular weight is 433 g/mol. The van der Waals surface area contributed by atoms with E-state index in [0.717, 1.165) is 22.1 Å². The average Bonchev–Trinajstić information content (AvgIpc) is 3.10. The van der Waals surface area contributed by atoms with Crippen molar-refractivity contribution in [3.8, 4) is 11.4 Å². The number of fused-ring (bicyclic) bond motifs is 5. The predicted octanol–water partition coefficient (Wildman–Crippen LogP) is 2.60. The largest absolute Gasteiger partial charge is 0.460 e. The second-order valence-electron chi connectivity index (χ2n) is 8.76. The lowest BCUT2D eigenvalue weighted by Gasteiger charge is -2.29. The van der Waals surface area contributed by atoms with Gasteiger partial charge in [-0.05, 0) is 48.1 Å². The first-order valence-electron chi connectivity index (χ1n) is 10.7. The monoisotopic (exact) mass is 433 g/mol. The van der Waals surface area contributed by atoms with Gasteiger partial charge in [0.05, 0.1) is 41.5 Å². The van der Waals surface area contributed by atoms with Crippen LogP contribution in [-0.4, -0.2) is 21.4 Å². The number of amides is 1. The molecule has 0 radical (unpaired) electrons. The molecule has 2 aliphatic heterocycles. The van der Waals surface area contributed by atoms with Crippen LogP contribution in [0, 0.1) is 12.7 Å². The van der Waals surface area contributed by atoms with E-state index in [4.69, 9.17) is 9.72 Å². The van der Waals surface area contributed by atoms with Crippen molar-refractivity contribution in [2.45, 2.75) is 52.3 Å². The number of nitrogens with one attached hydrogen (secondary N) is 1. The Morgan fingerprint density at radius 3 is 2.84 bits per heavy atom. The molecule has 3 aliphatic rings. The molecule has 0 bridgehead atoms. The molecule has 0 spiro atoms. The Labute approximate surface area is 182 Å². The highest BCUT2D eigenvalue weighted by Crippen LogP contribution is 2.44. The molecular formula is C24H20FN3O4. The van der Waals surface area contributed by atoms with Gasteiger partial charge in [-0.15, -0.1) is 0 Å². The fourth-order valence-electron chi connectivity index (χ4n) is 5.46. The number of benzene rings is 1. The molecule has 0 fully saturated rings. The Bertz CT molecular complexity index is 1460. The van der Waals surface area contributed by atoms with Gasteiger partial charge in [0, 0.05) is 23.9 Å². The summed E-state index contributed by atoms with van der Waals surface area (Å²) in [6, 6.07) is 3.02. The Morgan fingerprint density at radius 1 is 1.25 bits per heavy atom. The van der Waals surface area contributed by atoms with Crippen LogP contribution in [0.25, 0.3) is 22.3 Å². The first kappa shape index (κ1) is 19.2. The van der Waals surface area contributed by atoms with Gasteiger partial charge >= 0.3 is 5.97 Å². The van der Waals surface area contributed by atoms with E-state index in [1.54, 1.807) is 11.5 Å². The summed E-state index contributed by atoms with van der Waals surface area (Å²) in [7, 11) is 0. The van der Waals surface area contributed by atoms with Crippen LogP contribution in [0.1, 0.15) is 52.8 Å². The summed E-state index contributed by atoms with van der Waals surface area (Å²) in [5.41, 5.74) is 5.97. The third-order valence-electron chi connectivity index (χ3n) is 6.92. The van der Waals surface area contributed by atoms with E-state index in [2.05, 4.69) is 5.32 Å². The molecule has 7 nitrogen and oxygen atoms in total. The molecule has 0 saturated heterocycles. The number of nitrogens with zero attached hydrogens (tertiary/aromatic N) is 2. The summed E-state index contributed by atoms with van der Waals surface area (Å²) in [5.74, 6) is -0.822. The number of esters is 1. The summed E-state index contributed by atoms with van der Waals surface area (Å²) < 4.78 is 21.5. The van der Waals surface area contributed by atoms with Crippen molar-refractivity contribution in [1.82, 2.24) is 14.9 Å². The fraction of sp³-hybridized carbons (Fsp3) is 0.333. The van der Waals surface area contributed by atoms with E-state index >= 15 is 0 Å². The number of carbonyl (C=O) groups excluding carboxylic acids is 2. The van der Waals surface area contributed by atoms with E-state index in [1.165, 1.54) is 13.0 Å². The molecule has 1 aliphatic carbocycles. The van der Waals surface area contributed by atoms with Gasteiger partial charge in [-0.25, -0.2) is 9.37 Å². The maximum Gasteiger partial charge on any atom is 0.310 e. The van der Waals surface area contributed by atoms with Gasteiger partial charge in [0.15, 0.2) is 0 Å². The topological polar surface area (TPSA) is 90.3 Å². The number of rotatable bonds is 1. The van der Waals surface area contributed by atoms with E-state index < -0.39 is 0 Å². The molecule has 1 N–H and O–H groups in total. The first-order valence-corrected chi connectivity index (χ1v) is 10.7. The molecule has 1 aromatic carbocycles. The molecule has 3 aromatic rings. The van der Waals surface area contributed by atoms with E-state index in [-0.39, 0.29) is 42.3 Å².